The molecule has 20 heavy (non-hydrogen) atoms. The van der Waals surface area contributed by atoms with E-state index >= 15 is 0 Å². The zero-order valence-electron chi connectivity index (χ0n) is 12.6. The monoisotopic (exact) mass is 282 g/mol. The molecule has 0 fully saturated rings. The number of aliphatic hydroxyl groups excluding tert-OH is 2. The van der Waals surface area contributed by atoms with E-state index in [0.717, 1.165) is 12.8 Å². The van der Waals surface area contributed by atoms with Crippen molar-refractivity contribution < 1.29 is 15.3 Å². The second-order valence-electron chi connectivity index (χ2n) is 5.32. The van der Waals surface area contributed by atoms with Crippen LogP contribution < -0.4 is 5.32 Å². The number of aryl methyl sites for hydroxylation is 1. The Morgan fingerprint density at radius 1 is 1.25 bits per heavy atom. The van der Waals surface area contributed by atoms with Gasteiger partial charge < -0.3 is 20.6 Å². The number of rotatable bonds is 8. The van der Waals surface area contributed by atoms with Crippen molar-refractivity contribution in [2.45, 2.75) is 46.8 Å². The van der Waals surface area contributed by atoms with Gasteiger partial charge in [0.15, 0.2) is 0 Å². The fraction of sp³-hybridized carbons (Fsp3) is 0.667. The van der Waals surface area contributed by atoms with Crippen molar-refractivity contribution in [3.63, 3.8) is 0 Å². The summed E-state index contributed by atoms with van der Waals surface area (Å²) in [5.41, 5.74) is 1.73. The standard InChI is InChI=1S/C15H26N2O3/c1-4-15(5-2,10-19)9-16-7-13-12(8-18)6-17-11(3)14(13)20/h6,16,18-20H,4-5,7-10H2,1-3H3. The van der Waals surface area contributed by atoms with Gasteiger partial charge in [-0.2, -0.15) is 0 Å². The summed E-state index contributed by atoms with van der Waals surface area (Å²) >= 11 is 0. The fourth-order valence-electron chi connectivity index (χ4n) is 2.25. The predicted octanol–water partition coefficient (Wildman–Crippen LogP) is 1.48. The van der Waals surface area contributed by atoms with E-state index in [4.69, 9.17) is 0 Å². The molecule has 0 saturated heterocycles. The maximum Gasteiger partial charge on any atom is 0.141 e. The van der Waals surface area contributed by atoms with E-state index < -0.39 is 0 Å². The second-order valence-corrected chi connectivity index (χ2v) is 5.32. The Balaban J connectivity index is 2.77. The minimum atomic E-state index is -0.148. The van der Waals surface area contributed by atoms with Crippen molar-refractivity contribution in [1.82, 2.24) is 10.3 Å². The molecule has 114 valence electrons. The van der Waals surface area contributed by atoms with Gasteiger partial charge >= 0.3 is 0 Å². The first-order chi connectivity index (χ1) is 9.53. The maximum absolute atomic E-state index is 10.0. The zero-order valence-corrected chi connectivity index (χ0v) is 12.6. The molecule has 1 aromatic heterocycles. The highest BCUT2D eigenvalue weighted by Crippen LogP contribution is 2.26. The first-order valence-electron chi connectivity index (χ1n) is 7.12. The number of aliphatic hydroxyl groups is 2. The molecule has 0 aromatic carbocycles. The van der Waals surface area contributed by atoms with Crippen molar-refractivity contribution in [3.8, 4) is 5.75 Å². The molecule has 0 bridgehead atoms. The molecule has 0 spiro atoms. The molecule has 5 heteroatoms. The average Bonchev–Trinajstić information content (AvgIpc) is 2.48. The Hall–Kier alpha value is -1.17. The van der Waals surface area contributed by atoms with Gasteiger partial charge in [0, 0.05) is 42.4 Å². The molecule has 5 nitrogen and oxygen atoms in total. The molecule has 0 unspecified atom stereocenters. The summed E-state index contributed by atoms with van der Waals surface area (Å²) in [6.45, 7) is 6.97. The molecule has 0 amide bonds. The predicted molar refractivity (Wildman–Crippen MR) is 78.4 cm³/mol. The van der Waals surface area contributed by atoms with Crippen molar-refractivity contribution in [3.05, 3.63) is 23.0 Å². The molecule has 1 aromatic rings. The molecule has 4 N–H and O–H groups in total. The van der Waals surface area contributed by atoms with E-state index in [1.807, 2.05) is 0 Å². The molecule has 1 heterocycles. The Labute approximate surface area is 120 Å². The maximum atomic E-state index is 10.0. The van der Waals surface area contributed by atoms with E-state index in [9.17, 15) is 15.3 Å². The van der Waals surface area contributed by atoms with Crippen LogP contribution >= 0.6 is 0 Å². The molecule has 1 rings (SSSR count). The number of hydrogen-bond donors (Lipinski definition) is 4. The van der Waals surface area contributed by atoms with Crippen LogP contribution in [0.25, 0.3) is 0 Å². The molecular weight excluding hydrogens is 256 g/mol. The van der Waals surface area contributed by atoms with Crippen LogP contribution in [0.2, 0.25) is 0 Å². The van der Waals surface area contributed by atoms with Crippen LogP contribution in [0.3, 0.4) is 0 Å². The first kappa shape index (κ1) is 16.9. The molecular formula is C15H26N2O3. The normalized spacial score (nSPS) is 11.8. The van der Waals surface area contributed by atoms with Crippen LogP contribution in [-0.4, -0.2) is 33.5 Å². The topological polar surface area (TPSA) is 85.6 Å². The lowest BCUT2D eigenvalue weighted by Crippen LogP contribution is -2.36. The van der Waals surface area contributed by atoms with E-state index in [2.05, 4.69) is 24.1 Å². The summed E-state index contributed by atoms with van der Waals surface area (Å²) in [7, 11) is 0. The Bertz CT molecular complexity index is 423. The molecule has 0 aliphatic carbocycles. The van der Waals surface area contributed by atoms with Gasteiger partial charge in [0.05, 0.1) is 12.3 Å². The Morgan fingerprint density at radius 2 is 1.90 bits per heavy atom. The van der Waals surface area contributed by atoms with Crippen LogP contribution in [0.5, 0.6) is 5.75 Å². The van der Waals surface area contributed by atoms with E-state index in [1.54, 1.807) is 13.1 Å². The van der Waals surface area contributed by atoms with Gasteiger partial charge in [-0.15, -0.1) is 0 Å². The minimum Gasteiger partial charge on any atom is -0.506 e. The second kappa shape index (κ2) is 7.57. The highest BCUT2D eigenvalue weighted by Gasteiger charge is 2.24. The third kappa shape index (κ3) is 3.69. The average molecular weight is 282 g/mol. The summed E-state index contributed by atoms with van der Waals surface area (Å²) in [6.07, 6.45) is 3.37. The van der Waals surface area contributed by atoms with Gasteiger partial charge in [0.1, 0.15) is 5.75 Å². The van der Waals surface area contributed by atoms with Crippen molar-refractivity contribution >= 4 is 0 Å². The van der Waals surface area contributed by atoms with E-state index in [-0.39, 0.29) is 24.4 Å². The summed E-state index contributed by atoms with van der Waals surface area (Å²) in [4.78, 5) is 4.04. The van der Waals surface area contributed by atoms with Crippen molar-refractivity contribution in [2.24, 2.45) is 5.41 Å². The van der Waals surface area contributed by atoms with Crippen LogP contribution in [-0.2, 0) is 13.2 Å². The SMILES string of the molecule is CCC(CC)(CO)CNCc1c(CO)cnc(C)c1O. The number of hydrogen-bond acceptors (Lipinski definition) is 5. The number of aromatic hydroxyl groups is 1. The van der Waals surface area contributed by atoms with E-state index in [1.165, 1.54) is 0 Å². The molecule has 0 aliphatic rings. The smallest absolute Gasteiger partial charge is 0.141 e. The van der Waals surface area contributed by atoms with Crippen LogP contribution in [0.1, 0.15) is 43.5 Å². The minimum absolute atomic E-state index is 0.128. The van der Waals surface area contributed by atoms with Crippen LogP contribution in [0.4, 0.5) is 0 Å². The summed E-state index contributed by atoms with van der Waals surface area (Å²) in [6, 6.07) is 0. The number of aromatic nitrogens is 1. The Morgan fingerprint density at radius 3 is 2.40 bits per heavy atom. The summed E-state index contributed by atoms with van der Waals surface area (Å²) in [5, 5.41) is 32.2. The number of nitrogens with zero attached hydrogens (tertiary/aromatic N) is 1. The molecule has 0 aliphatic heterocycles. The van der Waals surface area contributed by atoms with Gasteiger partial charge in [0.25, 0.3) is 0 Å². The number of pyridine rings is 1. The van der Waals surface area contributed by atoms with Crippen molar-refractivity contribution in [2.75, 3.05) is 13.2 Å². The zero-order chi connectivity index (χ0) is 15.2. The van der Waals surface area contributed by atoms with Crippen LogP contribution in [0.15, 0.2) is 6.20 Å². The van der Waals surface area contributed by atoms with Gasteiger partial charge in [-0.3, -0.25) is 4.98 Å². The molecule has 0 radical (unpaired) electrons. The van der Waals surface area contributed by atoms with E-state index in [0.29, 0.717) is 29.9 Å². The number of nitrogens with one attached hydrogen (secondary N) is 1. The fourth-order valence-corrected chi connectivity index (χ4v) is 2.25. The van der Waals surface area contributed by atoms with Gasteiger partial charge in [-0.1, -0.05) is 13.8 Å². The first-order valence-corrected chi connectivity index (χ1v) is 7.12. The highest BCUT2D eigenvalue weighted by atomic mass is 16.3. The highest BCUT2D eigenvalue weighted by molar-refractivity contribution is 5.40. The van der Waals surface area contributed by atoms with Gasteiger partial charge in [-0.25, -0.2) is 0 Å². The lowest BCUT2D eigenvalue weighted by Gasteiger charge is -2.30. The molecule has 0 saturated carbocycles. The van der Waals surface area contributed by atoms with Gasteiger partial charge in [0.2, 0.25) is 0 Å². The van der Waals surface area contributed by atoms with Crippen molar-refractivity contribution in [1.29, 1.82) is 0 Å². The largest absolute Gasteiger partial charge is 0.506 e. The lowest BCUT2D eigenvalue weighted by molar-refractivity contribution is 0.113. The molecule has 0 atom stereocenters. The van der Waals surface area contributed by atoms with Crippen LogP contribution in [0, 0.1) is 12.3 Å². The Kier molecular flexibility index (Phi) is 6.39. The van der Waals surface area contributed by atoms with Gasteiger partial charge in [-0.05, 0) is 19.8 Å². The third-order valence-electron chi connectivity index (χ3n) is 4.24. The summed E-state index contributed by atoms with van der Waals surface area (Å²) < 4.78 is 0. The summed E-state index contributed by atoms with van der Waals surface area (Å²) in [5.74, 6) is 0.131. The quantitative estimate of drug-likeness (QED) is 0.580. The third-order valence-corrected chi connectivity index (χ3v) is 4.24. The lowest BCUT2D eigenvalue weighted by atomic mass is 9.83.